The van der Waals surface area contributed by atoms with Crippen LogP contribution in [0.5, 0.6) is 17.2 Å². The molecule has 0 radical (unpaired) electrons. The monoisotopic (exact) mass is 275 g/mol. The van der Waals surface area contributed by atoms with Crippen LogP contribution in [0.1, 0.15) is 0 Å². The fourth-order valence-electron chi connectivity index (χ4n) is 2.00. The lowest BCUT2D eigenvalue weighted by Crippen LogP contribution is -2.07. The van der Waals surface area contributed by atoms with Gasteiger partial charge in [-0.05, 0) is 0 Å². The number of nitrogens with zero attached hydrogens (tertiary/aromatic N) is 3. The van der Waals surface area contributed by atoms with Crippen LogP contribution in [0, 0.1) is 0 Å². The van der Waals surface area contributed by atoms with Crippen LogP contribution in [0.3, 0.4) is 0 Å². The third-order valence-electron chi connectivity index (χ3n) is 2.92. The molecule has 2 aromatic heterocycles. The molecule has 4 N–H and O–H groups in total. The number of fused-ring (bicyclic) bond motifs is 1. The van der Waals surface area contributed by atoms with Gasteiger partial charge in [0.1, 0.15) is 0 Å². The van der Waals surface area contributed by atoms with E-state index in [0.717, 1.165) is 10.3 Å². The van der Waals surface area contributed by atoms with E-state index in [1.165, 1.54) is 6.20 Å². The van der Waals surface area contributed by atoms with Gasteiger partial charge in [-0.2, -0.15) is 4.79 Å². The average molecular weight is 275 g/mol. The number of aromatic amines is 1. The van der Waals surface area contributed by atoms with Crippen molar-refractivity contribution in [1.82, 2.24) is 19.9 Å². The molecule has 3 rings (SSSR count). The second-order valence-corrected chi connectivity index (χ2v) is 4.15. The molecule has 0 spiro atoms. The van der Waals surface area contributed by atoms with Gasteiger partial charge in [0.15, 0.2) is 28.8 Å². The molecule has 20 heavy (non-hydrogen) atoms. The van der Waals surface area contributed by atoms with Crippen LogP contribution in [0.25, 0.3) is 22.6 Å². The maximum Gasteiger partial charge on any atom is 0.171 e. The summed E-state index contributed by atoms with van der Waals surface area (Å²) in [5, 5.41) is 13.7. The summed E-state index contributed by atoms with van der Waals surface area (Å²) in [5.41, 5.74) is 1.69. The zero-order valence-corrected chi connectivity index (χ0v) is 10.9. The molecule has 0 aliphatic heterocycles. The number of H-pyrrole nitrogens is 1. The van der Waals surface area contributed by atoms with Gasteiger partial charge in [0.05, 0.1) is 31.4 Å². The van der Waals surface area contributed by atoms with Crippen molar-refractivity contribution in [2.24, 2.45) is 0 Å². The minimum absolute atomic E-state index is 0.0505. The summed E-state index contributed by atoms with van der Waals surface area (Å²) in [6.07, 6.45) is 1.30. The molecule has 0 atom stereocenters. The zero-order valence-electron chi connectivity index (χ0n) is 10.9. The van der Waals surface area contributed by atoms with E-state index < -0.39 is 0 Å². The van der Waals surface area contributed by atoms with Gasteiger partial charge in [-0.1, -0.05) is 0 Å². The maximum atomic E-state index is 9.74. The van der Waals surface area contributed by atoms with Gasteiger partial charge in [-0.25, -0.2) is 4.98 Å². The molecule has 0 aliphatic rings. The third kappa shape index (κ3) is 1.78. The number of methoxy groups -OCH3 is 2. The van der Waals surface area contributed by atoms with Crippen molar-refractivity contribution < 1.29 is 14.6 Å². The normalized spacial score (nSPS) is 10.9. The van der Waals surface area contributed by atoms with E-state index in [-0.39, 0.29) is 11.4 Å². The summed E-state index contributed by atoms with van der Waals surface area (Å²) in [6, 6.07) is 3.51. The number of aromatic hydroxyl groups is 1. The predicted molar refractivity (Wildman–Crippen MR) is 72.2 cm³/mol. The first kappa shape index (κ1) is 12.2. The first-order valence-electron chi connectivity index (χ1n) is 5.78. The van der Waals surface area contributed by atoms with Gasteiger partial charge in [0.25, 0.3) is 0 Å². The van der Waals surface area contributed by atoms with Crippen molar-refractivity contribution in [3.63, 3.8) is 0 Å². The molecule has 0 aliphatic carbocycles. The second kappa shape index (κ2) is 4.34. The van der Waals surface area contributed by atoms with Crippen LogP contribution in [-0.2, 0) is 0 Å². The van der Waals surface area contributed by atoms with Gasteiger partial charge in [0, 0.05) is 12.1 Å². The number of rotatable bonds is 3. The number of hydrogen-bond acceptors (Lipinski definition) is 6. The van der Waals surface area contributed by atoms with E-state index in [1.807, 2.05) is 0 Å². The maximum absolute atomic E-state index is 9.74. The Balaban J connectivity index is 2.17. The van der Waals surface area contributed by atoms with Gasteiger partial charge >= 0.3 is 0 Å². The van der Waals surface area contributed by atoms with Crippen molar-refractivity contribution >= 4 is 11.0 Å². The Morgan fingerprint density at radius 3 is 2.55 bits per heavy atom. The fraction of sp³-hybridized carbons (Fsp3) is 0.167. The number of nitrogen functional groups attached to an aromatic ring is 1. The Morgan fingerprint density at radius 1 is 1.25 bits per heavy atom. The number of nitrogens with two attached hydrogens (primary N) is 1. The van der Waals surface area contributed by atoms with Crippen molar-refractivity contribution in [3.05, 3.63) is 18.3 Å². The lowest BCUT2D eigenvalue weighted by atomic mass is 10.3. The number of ether oxygens (including phenoxy) is 2. The Labute approximate surface area is 113 Å². The van der Waals surface area contributed by atoms with Crippen molar-refractivity contribution in [3.8, 4) is 28.8 Å². The lowest BCUT2D eigenvalue weighted by molar-refractivity contribution is 0.356. The minimum Gasteiger partial charge on any atom is -0.504 e. The second-order valence-electron chi connectivity index (χ2n) is 4.15. The van der Waals surface area contributed by atoms with E-state index in [4.69, 9.17) is 15.3 Å². The minimum atomic E-state index is -0.0505. The van der Waals surface area contributed by atoms with Crippen LogP contribution in [0.2, 0.25) is 0 Å². The molecule has 8 nitrogen and oxygen atoms in total. The number of nitrogens with one attached hydrogen (secondary N) is 1. The fourth-order valence-corrected chi connectivity index (χ4v) is 2.00. The molecule has 0 bridgehead atoms. The highest BCUT2D eigenvalue weighted by Gasteiger charge is 2.15. The first-order valence-corrected chi connectivity index (χ1v) is 5.78. The number of hydrogen-bond donors (Lipinski definition) is 3. The highest BCUT2D eigenvalue weighted by atomic mass is 16.5. The van der Waals surface area contributed by atoms with E-state index in [9.17, 15) is 5.11 Å². The summed E-state index contributed by atoms with van der Waals surface area (Å²) in [6.45, 7) is 0. The summed E-state index contributed by atoms with van der Waals surface area (Å²) in [4.78, 5) is 8.44. The number of benzene rings is 1. The Morgan fingerprint density at radius 2 is 1.95 bits per heavy atom. The topological polar surface area (TPSA) is 111 Å². The molecule has 0 saturated carbocycles. The highest BCUT2D eigenvalue weighted by Crippen LogP contribution is 2.33. The molecule has 104 valence electrons. The Kier molecular flexibility index (Phi) is 2.63. The molecule has 0 fully saturated rings. The smallest absolute Gasteiger partial charge is 0.171 e. The van der Waals surface area contributed by atoms with Gasteiger partial charge in [0.2, 0.25) is 0 Å². The quantitative estimate of drug-likeness (QED) is 0.611. The van der Waals surface area contributed by atoms with Gasteiger partial charge in [-0.15, -0.1) is 5.10 Å². The van der Waals surface area contributed by atoms with Crippen LogP contribution < -0.4 is 15.3 Å². The van der Waals surface area contributed by atoms with E-state index in [1.54, 1.807) is 26.4 Å². The van der Waals surface area contributed by atoms with Crippen molar-refractivity contribution in [1.29, 1.82) is 0 Å². The molecule has 3 aromatic rings. The molecule has 0 amide bonds. The van der Waals surface area contributed by atoms with Crippen molar-refractivity contribution in [2.45, 2.75) is 0 Å². The van der Waals surface area contributed by atoms with Crippen LogP contribution in [0.4, 0.5) is 0 Å². The SMILES string of the molecule is COc1cc2nc(-c3nn(N)cc3O)[nH]c2cc1OC. The third-order valence-corrected chi connectivity index (χ3v) is 2.92. The van der Waals surface area contributed by atoms with Gasteiger partial charge < -0.3 is 25.4 Å². The highest BCUT2D eigenvalue weighted by molar-refractivity contribution is 5.83. The molecule has 8 heteroatoms. The lowest BCUT2D eigenvalue weighted by Gasteiger charge is -2.06. The summed E-state index contributed by atoms with van der Waals surface area (Å²) < 4.78 is 10.4. The standard InChI is InChI=1S/C12H13N5O3/c1-19-9-3-6-7(4-10(9)20-2)15-12(14-6)11-8(18)5-17(13)16-11/h3-5,18H,13H2,1-2H3,(H,14,15). The number of aromatic nitrogens is 4. The van der Waals surface area contributed by atoms with E-state index in [0.29, 0.717) is 22.8 Å². The van der Waals surface area contributed by atoms with E-state index >= 15 is 0 Å². The molecule has 2 heterocycles. The predicted octanol–water partition coefficient (Wildman–Crippen LogP) is 0.863. The summed E-state index contributed by atoms with van der Waals surface area (Å²) in [7, 11) is 3.11. The molecule has 0 unspecified atom stereocenters. The van der Waals surface area contributed by atoms with Gasteiger partial charge in [-0.3, -0.25) is 0 Å². The average Bonchev–Trinajstić information content (AvgIpc) is 2.99. The summed E-state index contributed by atoms with van der Waals surface area (Å²) in [5.74, 6) is 6.99. The van der Waals surface area contributed by atoms with Crippen LogP contribution in [-0.4, -0.2) is 39.2 Å². The molecular formula is C12H13N5O3. The molecule has 0 saturated heterocycles. The number of imidazole rings is 1. The Hall–Kier alpha value is -2.90. The molecule has 1 aromatic carbocycles. The summed E-state index contributed by atoms with van der Waals surface area (Å²) >= 11 is 0. The van der Waals surface area contributed by atoms with Crippen LogP contribution >= 0.6 is 0 Å². The zero-order chi connectivity index (χ0) is 14.3. The van der Waals surface area contributed by atoms with Crippen molar-refractivity contribution in [2.75, 3.05) is 20.1 Å². The largest absolute Gasteiger partial charge is 0.504 e. The van der Waals surface area contributed by atoms with E-state index in [2.05, 4.69) is 15.1 Å². The molecular weight excluding hydrogens is 262 g/mol. The van der Waals surface area contributed by atoms with Crippen LogP contribution in [0.15, 0.2) is 18.3 Å². The first-order chi connectivity index (χ1) is 9.62. The Bertz CT molecular complexity index is 736.